The van der Waals surface area contributed by atoms with Crippen molar-refractivity contribution in [2.75, 3.05) is 32.7 Å². The number of nitrogens with zero attached hydrogens (tertiary/aromatic N) is 3. The molecule has 2 rings (SSSR count). The summed E-state index contributed by atoms with van der Waals surface area (Å²) < 4.78 is 0. The van der Waals surface area contributed by atoms with E-state index in [0.29, 0.717) is 6.17 Å². The van der Waals surface area contributed by atoms with Gasteiger partial charge in [0.2, 0.25) is 6.17 Å². The molecule has 1 unspecified atom stereocenters. The van der Waals surface area contributed by atoms with E-state index in [9.17, 15) is 0 Å². The van der Waals surface area contributed by atoms with Crippen molar-refractivity contribution >= 4 is 0 Å². The first kappa shape index (κ1) is 13.8. The lowest BCUT2D eigenvalue weighted by Crippen LogP contribution is -2.61. The Labute approximate surface area is 112 Å². The lowest BCUT2D eigenvalue weighted by Gasteiger charge is -2.36. The fraction of sp³-hybridized carbons (Fsp3) is 0.733. The zero-order valence-electron chi connectivity index (χ0n) is 11.6. The van der Waals surface area contributed by atoms with Gasteiger partial charge in [0.1, 0.15) is 6.54 Å². The Morgan fingerprint density at radius 1 is 1.06 bits per heavy atom. The van der Waals surface area contributed by atoms with Gasteiger partial charge in [-0.3, -0.25) is 0 Å². The third kappa shape index (κ3) is 3.22. The van der Waals surface area contributed by atoms with Crippen molar-refractivity contribution < 1.29 is 0 Å². The van der Waals surface area contributed by atoms with Gasteiger partial charge >= 0.3 is 0 Å². The summed E-state index contributed by atoms with van der Waals surface area (Å²) in [4.78, 5) is 2.50. The molecular formula is C15H27N3+. The summed E-state index contributed by atoms with van der Waals surface area (Å²) in [7, 11) is 0. The molecule has 2 saturated heterocycles. The van der Waals surface area contributed by atoms with Crippen molar-refractivity contribution in [3.05, 3.63) is 25.3 Å². The fourth-order valence-corrected chi connectivity index (χ4v) is 3.21. The molecule has 0 N–H and O–H groups in total. The van der Waals surface area contributed by atoms with E-state index in [0.717, 1.165) is 13.1 Å². The van der Waals surface area contributed by atoms with Crippen LogP contribution in [0, 0.1) is 0 Å². The van der Waals surface area contributed by atoms with Crippen molar-refractivity contribution in [2.45, 2.75) is 38.3 Å². The second kappa shape index (κ2) is 7.07. The number of rotatable bonds is 6. The van der Waals surface area contributed by atoms with Crippen molar-refractivity contribution in [3.8, 4) is 0 Å². The average molecular weight is 249 g/mol. The molecule has 2 fully saturated rings. The normalized spacial score (nSPS) is 26.6. The Balaban J connectivity index is 2.04. The topological polar surface area (TPSA) is 12.4 Å². The van der Waals surface area contributed by atoms with Gasteiger partial charge in [0.15, 0.2) is 0 Å². The monoisotopic (exact) mass is 249 g/mol. The summed E-state index contributed by atoms with van der Waals surface area (Å²) in [5.74, 6) is 0. The molecule has 0 aliphatic carbocycles. The quantitative estimate of drug-likeness (QED) is 0.529. The van der Waals surface area contributed by atoms with Gasteiger partial charge in [-0.25, -0.2) is 4.90 Å². The number of hydrogen-bond acceptors (Lipinski definition) is 3. The van der Waals surface area contributed by atoms with Crippen LogP contribution in [0.15, 0.2) is 25.3 Å². The van der Waals surface area contributed by atoms with E-state index in [-0.39, 0.29) is 0 Å². The highest BCUT2D eigenvalue weighted by atomic mass is 15.7. The van der Waals surface area contributed by atoms with Crippen molar-refractivity contribution in [1.29, 1.82) is 0 Å². The van der Waals surface area contributed by atoms with Crippen molar-refractivity contribution in [2.24, 2.45) is 0 Å². The van der Waals surface area contributed by atoms with E-state index in [4.69, 9.17) is 0 Å². The van der Waals surface area contributed by atoms with Crippen LogP contribution in [0.2, 0.25) is 0 Å². The molecule has 0 saturated carbocycles. The van der Waals surface area contributed by atoms with Gasteiger partial charge < -0.3 is 0 Å². The van der Waals surface area contributed by atoms with Gasteiger partial charge in [-0.2, -0.15) is 0 Å². The van der Waals surface area contributed by atoms with Crippen LogP contribution in [-0.4, -0.2) is 48.8 Å². The summed E-state index contributed by atoms with van der Waals surface area (Å²) in [6.07, 6.45) is 11.2. The minimum Gasteiger partial charge on any atom is -0.241 e. The Kier molecular flexibility index (Phi) is 5.42. The number of hydrazine groups is 1. The maximum absolute atomic E-state index is 3.89. The Morgan fingerprint density at radius 3 is 2.33 bits per heavy atom. The number of hydrogen-bond donors (Lipinski definition) is 0. The van der Waals surface area contributed by atoms with Crippen LogP contribution < -0.4 is 5.01 Å². The Morgan fingerprint density at radius 2 is 1.72 bits per heavy atom. The van der Waals surface area contributed by atoms with E-state index < -0.39 is 0 Å². The molecule has 0 spiro atoms. The minimum absolute atomic E-state index is 0.549. The first-order chi connectivity index (χ1) is 8.86. The zero-order chi connectivity index (χ0) is 12.8. The predicted octanol–water partition coefficient (Wildman–Crippen LogP) is 2.32. The van der Waals surface area contributed by atoms with Gasteiger partial charge in [0.05, 0.1) is 13.1 Å². The average Bonchev–Trinajstić information content (AvgIpc) is 2.92. The molecule has 3 heteroatoms. The summed E-state index contributed by atoms with van der Waals surface area (Å²) >= 11 is 0. The van der Waals surface area contributed by atoms with Crippen LogP contribution in [0.3, 0.4) is 0 Å². The van der Waals surface area contributed by atoms with E-state index in [1.54, 1.807) is 0 Å². The van der Waals surface area contributed by atoms with E-state index in [2.05, 4.69) is 28.1 Å². The molecule has 1 atom stereocenters. The largest absolute Gasteiger partial charge is 0.241 e. The minimum atomic E-state index is 0.549. The van der Waals surface area contributed by atoms with Crippen LogP contribution >= 0.6 is 0 Å². The molecule has 0 aromatic rings. The molecular weight excluding hydrogens is 222 g/mol. The smallest absolute Gasteiger partial charge is 0.211 e. The third-order valence-electron chi connectivity index (χ3n) is 4.04. The van der Waals surface area contributed by atoms with Crippen LogP contribution in [-0.2, 0) is 0 Å². The second-order valence-corrected chi connectivity index (χ2v) is 5.33. The summed E-state index contributed by atoms with van der Waals surface area (Å²) in [6.45, 7) is 13.4. The van der Waals surface area contributed by atoms with E-state index in [1.165, 1.54) is 51.7 Å². The van der Waals surface area contributed by atoms with E-state index >= 15 is 0 Å². The second-order valence-electron chi connectivity index (χ2n) is 5.33. The van der Waals surface area contributed by atoms with E-state index in [1.807, 2.05) is 12.2 Å². The standard InChI is InChI=1S/C15H27N3/c1-3-10-16(11-4-2)15-9-5-6-14-18(15)17-12-7-8-13-17/h3-4,15H,1-2,5-14H2/q+1. The summed E-state index contributed by atoms with van der Waals surface area (Å²) in [5, 5.41) is 5.19. The maximum atomic E-state index is 3.89. The highest BCUT2D eigenvalue weighted by molar-refractivity contribution is 4.88. The van der Waals surface area contributed by atoms with Gasteiger partial charge in [-0.1, -0.05) is 17.2 Å². The molecule has 0 aromatic carbocycles. The molecule has 18 heavy (non-hydrogen) atoms. The molecule has 2 heterocycles. The first-order valence-corrected chi connectivity index (χ1v) is 7.34. The molecule has 0 aromatic heterocycles. The van der Waals surface area contributed by atoms with Crippen LogP contribution in [0.1, 0.15) is 32.1 Å². The van der Waals surface area contributed by atoms with Gasteiger partial charge in [0, 0.05) is 25.9 Å². The maximum Gasteiger partial charge on any atom is 0.211 e. The SMILES string of the molecule is C=CCN(CC=C)C1CCCC[N+]1N1CCCC1. The molecule has 0 bridgehead atoms. The van der Waals surface area contributed by atoms with Gasteiger partial charge in [0.25, 0.3) is 0 Å². The zero-order valence-corrected chi connectivity index (χ0v) is 11.6. The summed E-state index contributed by atoms with van der Waals surface area (Å²) in [6, 6.07) is 0. The number of piperidine rings is 1. The highest BCUT2D eigenvalue weighted by Gasteiger charge is 2.41. The van der Waals surface area contributed by atoms with Crippen LogP contribution in [0.4, 0.5) is 0 Å². The molecule has 2 aliphatic rings. The fourth-order valence-electron chi connectivity index (χ4n) is 3.21. The summed E-state index contributed by atoms with van der Waals surface area (Å²) in [5.41, 5.74) is 0. The molecule has 0 amide bonds. The third-order valence-corrected chi connectivity index (χ3v) is 4.04. The van der Waals surface area contributed by atoms with Crippen molar-refractivity contribution in [3.63, 3.8) is 0 Å². The van der Waals surface area contributed by atoms with Crippen LogP contribution in [0.25, 0.3) is 0 Å². The molecule has 3 nitrogen and oxygen atoms in total. The lowest BCUT2D eigenvalue weighted by atomic mass is 10.1. The molecule has 101 valence electrons. The Hall–Kier alpha value is -0.640. The molecule has 1 radical (unpaired) electrons. The van der Waals surface area contributed by atoms with Gasteiger partial charge in [-0.15, -0.1) is 18.2 Å². The predicted molar refractivity (Wildman–Crippen MR) is 77.4 cm³/mol. The van der Waals surface area contributed by atoms with Gasteiger partial charge in [-0.05, 0) is 19.3 Å². The lowest BCUT2D eigenvalue weighted by molar-refractivity contribution is -0.0324. The van der Waals surface area contributed by atoms with Crippen LogP contribution in [0.5, 0.6) is 0 Å². The van der Waals surface area contributed by atoms with Crippen molar-refractivity contribution in [1.82, 2.24) is 14.9 Å². The Bertz CT molecular complexity index is 261. The first-order valence-electron chi connectivity index (χ1n) is 7.34. The molecule has 2 aliphatic heterocycles. The highest BCUT2D eigenvalue weighted by Crippen LogP contribution is 2.22.